The van der Waals surface area contributed by atoms with Crippen LogP contribution in [0.5, 0.6) is 17.2 Å². The van der Waals surface area contributed by atoms with Crippen LogP contribution < -0.4 is 24.8 Å². The summed E-state index contributed by atoms with van der Waals surface area (Å²) in [5, 5.41) is 7.53. The fourth-order valence-corrected chi connectivity index (χ4v) is 3.68. The van der Waals surface area contributed by atoms with Gasteiger partial charge in [-0.25, -0.2) is 0 Å². The Morgan fingerprint density at radius 3 is 2.50 bits per heavy atom. The quantitative estimate of drug-likeness (QED) is 0.210. The first-order valence-corrected chi connectivity index (χ1v) is 11.5. The predicted molar refractivity (Wildman–Crippen MR) is 136 cm³/mol. The second-order valence-electron chi connectivity index (χ2n) is 7.86. The maximum absolute atomic E-state index is 5.95. The second kappa shape index (κ2) is 11.3. The Balaban J connectivity index is 1.59. The lowest BCUT2D eigenvalue weighted by molar-refractivity contribution is 0.304. The van der Waals surface area contributed by atoms with Crippen LogP contribution in [-0.2, 0) is 0 Å². The zero-order valence-corrected chi connectivity index (χ0v) is 19.9. The van der Waals surface area contributed by atoms with E-state index in [1.54, 1.807) is 14.2 Å². The first-order chi connectivity index (χ1) is 16.7. The molecule has 2 heterocycles. The highest BCUT2D eigenvalue weighted by atomic mass is 16.5. The second-order valence-corrected chi connectivity index (χ2v) is 7.86. The SMILES string of the molecule is CCCCCCOc1ccc(OC)c(Nc2nc(Nc3ccccc3OC)c3cc[nH]c3n2)c1. The van der Waals surface area contributed by atoms with Gasteiger partial charge in [0.2, 0.25) is 5.95 Å². The minimum Gasteiger partial charge on any atom is -0.495 e. The lowest BCUT2D eigenvalue weighted by Gasteiger charge is -2.15. The van der Waals surface area contributed by atoms with Gasteiger partial charge in [-0.05, 0) is 36.8 Å². The van der Waals surface area contributed by atoms with Gasteiger partial charge in [-0.3, -0.25) is 0 Å². The fraction of sp³-hybridized carbons (Fsp3) is 0.308. The Hall–Kier alpha value is -3.94. The lowest BCUT2D eigenvalue weighted by atomic mass is 10.2. The summed E-state index contributed by atoms with van der Waals surface area (Å²) in [5.41, 5.74) is 2.24. The van der Waals surface area contributed by atoms with E-state index >= 15 is 0 Å². The van der Waals surface area contributed by atoms with E-state index in [0.717, 1.165) is 34.7 Å². The van der Waals surface area contributed by atoms with Crippen molar-refractivity contribution < 1.29 is 14.2 Å². The number of methoxy groups -OCH3 is 2. The van der Waals surface area contributed by atoms with Crippen molar-refractivity contribution in [1.29, 1.82) is 0 Å². The molecule has 0 unspecified atom stereocenters. The number of H-pyrrole nitrogens is 1. The van der Waals surface area contributed by atoms with E-state index in [4.69, 9.17) is 19.2 Å². The molecule has 0 saturated heterocycles. The van der Waals surface area contributed by atoms with Gasteiger partial charge in [-0.1, -0.05) is 38.3 Å². The highest BCUT2D eigenvalue weighted by molar-refractivity contribution is 5.91. The minimum atomic E-state index is 0.422. The van der Waals surface area contributed by atoms with Gasteiger partial charge in [0, 0.05) is 12.3 Å². The molecule has 8 nitrogen and oxygen atoms in total. The molecule has 8 heteroatoms. The normalized spacial score (nSPS) is 10.8. The number of hydrogen-bond acceptors (Lipinski definition) is 7. The standard InChI is InChI=1S/C26H31N5O3/c1-4-5-6-9-16-34-18-12-13-23(33-3)21(17-18)29-26-30-24-19(14-15-27-24)25(31-26)28-20-10-7-8-11-22(20)32-2/h7-8,10-15,17H,4-6,9,16H2,1-3H3,(H3,27,28,29,30,31). The molecule has 0 aliphatic rings. The van der Waals surface area contributed by atoms with E-state index in [1.165, 1.54) is 19.3 Å². The van der Waals surface area contributed by atoms with Gasteiger partial charge in [0.05, 0.1) is 37.6 Å². The minimum absolute atomic E-state index is 0.422. The molecule has 178 valence electrons. The molecular formula is C26H31N5O3. The highest BCUT2D eigenvalue weighted by Gasteiger charge is 2.13. The number of aromatic nitrogens is 3. The summed E-state index contributed by atoms with van der Waals surface area (Å²) < 4.78 is 17.0. The number of nitrogens with zero attached hydrogens (tertiary/aromatic N) is 2. The Labute approximate surface area is 199 Å². The molecule has 0 fully saturated rings. The van der Waals surface area contributed by atoms with Crippen LogP contribution in [-0.4, -0.2) is 35.8 Å². The first-order valence-electron chi connectivity index (χ1n) is 11.5. The Morgan fingerprint density at radius 2 is 1.68 bits per heavy atom. The predicted octanol–water partition coefficient (Wildman–Crippen LogP) is 6.42. The van der Waals surface area contributed by atoms with Crippen LogP contribution in [0, 0.1) is 0 Å². The van der Waals surface area contributed by atoms with E-state index in [9.17, 15) is 0 Å². The molecule has 4 aromatic rings. The van der Waals surface area contributed by atoms with Crippen LogP contribution >= 0.6 is 0 Å². The summed E-state index contributed by atoms with van der Waals surface area (Å²) in [7, 11) is 3.28. The van der Waals surface area contributed by atoms with E-state index in [1.807, 2.05) is 54.7 Å². The van der Waals surface area contributed by atoms with Crippen molar-refractivity contribution in [1.82, 2.24) is 15.0 Å². The van der Waals surface area contributed by atoms with Gasteiger partial charge >= 0.3 is 0 Å². The molecule has 0 spiro atoms. The molecule has 0 radical (unpaired) electrons. The third kappa shape index (κ3) is 5.51. The number of aromatic amines is 1. The van der Waals surface area contributed by atoms with E-state index in [-0.39, 0.29) is 0 Å². The van der Waals surface area contributed by atoms with Gasteiger partial charge in [0.1, 0.15) is 28.7 Å². The van der Waals surface area contributed by atoms with Crippen molar-refractivity contribution in [3.05, 3.63) is 54.7 Å². The van der Waals surface area contributed by atoms with E-state index in [2.05, 4.69) is 27.5 Å². The van der Waals surface area contributed by atoms with Crippen molar-refractivity contribution >= 4 is 34.2 Å². The van der Waals surface area contributed by atoms with E-state index < -0.39 is 0 Å². The number of nitrogens with one attached hydrogen (secondary N) is 3. The number of benzene rings is 2. The molecule has 0 aliphatic carbocycles. The molecule has 0 aliphatic heterocycles. The summed E-state index contributed by atoms with van der Waals surface area (Å²) in [6.45, 7) is 2.88. The van der Waals surface area contributed by atoms with Gasteiger partial charge in [0.25, 0.3) is 0 Å². The van der Waals surface area contributed by atoms with Gasteiger partial charge in [-0.15, -0.1) is 0 Å². The number of para-hydroxylation sites is 2. The van der Waals surface area contributed by atoms with Crippen molar-refractivity contribution in [3.8, 4) is 17.2 Å². The molecule has 0 amide bonds. The Kier molecular flexibility index (Phi) is 7.70. The maximum atomic E-state index is 5.95. The topological polar surface area (TPSA) is 93.3 Å². The number of anilines is 4. The molecule has 2 aromatic heterocycles. The molecule has 0 saturated carbocycles. The molecule has 3 N–H and O–H groups in total. The number of fused-ring (bicyclic) bond motifs is 1. The van der Waals surface area contributed by atoms with Crippen LogP contribution in [0.3, 0.4) is 0 Å². The van der Waals surface area contributed by atoms with Crippen LogP contribution in [0.2, 0.25) is 0 Å². The summed E-state index contributed by atoms with van der Waals surface area (Å²) >= 11 is 0. The summed E-state index contributed by atoms with van der Waals surface area (Å²) in [4.78, 5) is 12.5. The fourth-order valence-electron chi connectivity index (χ4n) is 3.68. The molecule has 0 atom stereocenters. The smallest absolute Gasteiger partial charge is 0.231 e. The number of hydrogen-bond donors (Lipinski definition) is 3. The largest absolute Gasteiger partial charge is 0.495 e. The monoisotopic (exact) mass is 461 g/mol. The average molecular weight is 462 g/mol. The van der Waals surface area contributed by atoms with Crippen molar-refractivity contribution in [3.63, 3.8) is 0 Å². The Morgan fingerprint density at radius 1 is 0.853 bits per heavy atom. The van der Waals surface area contributed by atoms with Crippen LogP contribution in [0.1, 0.15) is 32.6 Å². The van der Waals surface area contributed by atoms with Crippen LogP contribution in [0.25, 0.3) is 11.0 Å². The number of rotatable bonds is 12. The summed E-state index contributed by atoms with van der Waals surface area (Å²) in [5.74, 6) is 3.25. The molecule has 0 bridgehead atoms. The van der Waals surface area contributed by atoms with Crippen molar-refractivity contribution in [2.45, 2.75) is 32.6 Å². The van der Waals surface area contributed by atoms with Crippen LogP contribution in [0.4, 0.5) is 23.1 Å². The number of unbranched alkanes of at least 4 members (excludes halogenated alkanes) is 3. The van der Waals surface area contributed by atoms with Gasteiger partial charge < -0.3 is 29.8 Å². The zero-order chi connectivity index (χ0) is 23.8. The summed E-state index contributed by atoms with van der Waals surface area (Å²) in [6, 6.07) is 15.3. The molecule has 34 heavy (non-hydrogen) atoms. The van der Waals surface area contributed by atoms with Gasteiger partial charge in [0.15, 0.2) is 0 Å². The third-order valence-electron chi connectivity index (χ3n) is 5.46. The van der Waals surface area contributed by atoms with Gasteiger partial charge in [-0.2, -0.15) is 9.97 Å². The van der Waals surface area contributed by atoms with E-state index in [0.29, 0.717) is 29.8 Å². The van der Waals surface area contributed by atoms with Crippen LogP contribution in [0.15, 0.2) is 54.7 Å². The molecule has 2 aromatic carbocycles. The first kappa shape index (κ1) is 23.2. The van der Waals surface area contributed by atoms with Crippen molar-refractivity contribution in [2.75, 3.05) is 31.5 Å². The zero-order valence-electron chi connectivity index (χ0n) is 19.9. The maximum Gasteiger partial charge on any atom is 0.231 e. The summed E-state index contributed by atoms with van der Waals surface area (Å²) in [6.07, 6.45) is 6.47. The molecule has 4 rings (SSSR count). The Bertz CT molecular complexity index is 1220. The van der Waals surface area contributed by atoms with Crippen molar-refractivity contribution in [2.24, 2.45) is 0 Å². The third-order valence-corrected chi connectivity index (χ3v) is 5.46. The molecular weight excluding hydrogens is 430 g/mol. The highest BCUT2D eigenvalue weighted by Crippen LogP contribution is 2.33. The lowest BCUT2D eigenvalue weighted by Crippen LogP contribution is -2.04. The number of ether oxygens (including phenoxy) is 3. The average Bonchev–Trinajstić information content (AvgIpc) is 3.33.